The molecule has 4 bridgehead atoms. The summed E-state index contributed by atoms with van der Waals surface area (Å²) >= 11 is 0. The third-order valence-electron chi connectivity index (χ3n) is 10.6. The quantitative estimate of drug-likeness (QED) is 0.243. The van der Waals surface area contributed by atoms with Gasteiger partial charge < -0.3 is 14.8 Å². The molecule has 0 spiro atoms. The number of benzene rings is 2. The lowest BCUT2D eigenvalue weighted by Crippen LogP contribution is -2.61. The van der Waals surface area contributed by atoms with Crippen molar-refractivity contribution in [1.29, 1.82) is 0 Å². The smallest absolute Gasteiger partial charge is 0.411 e. The molecule has 6 heteroatoms. The molecule has 1 heterocycles. The number of methoxy groups -OCH3 is 1. The summed E-state index contributed by atoms with van der Waals surface area (Å²) in [5, 5.41) is 3.92. The second-order valence-electron chi connectivity index (χ2n) is 15.3. The third kappa shape index (κ3) is 6.94. The maximum atomic E-state index is 13.8. The Hall–Kier alpha value is -3.30. The normalized spacial score (nSPS) is 28.1. The molecular formula is C39H50N2O4. The van der Waals surface area contributed by atoms with Crippen LogP contribution >= 0.6 is 0 Å². The van der Waals surface area contributed by atoms with Crippen molar-refractivity contribution in [2.45, 2.75) is 122 Å². The molecule has 7 rings (SSSR count). The molecule has 2 aromatic carbocycles. The minimum atomic E-state index is -0.531. The van der Waals surface area contributed by atoms with Crippen molar-refractivity contribution in [3.05, 3.63) is 70.3 Å². The Labute approximate surface area is 269 Å². The van der Waals surface area contributed by atoms with E-state index in [0.717, 1.165) is 68.3 Å². The average Bonchev–Trinajstić information content (AvgIpc) is 2.99. The van der Waals surface area contributed by atoms with Gasteiger partial charge in [-0.15, -0.1) is 0 Å². The van der Waals surface area contributed by atoms with Crippen LogP contribution in [0.1, 0.15) is 124 Å². The first-order chi connectivity index (χ1) is 21.6. The summed E-state index contributed by atoms with van der Waals surface area (Å²) in [6.45, 7) is 8.69. The van der Waals surface area contributed by atoms with Gasteiger partial charge in [0, 0.05) is 29.6 Å². The molecule has 240 valence electrons. The van der Waals surface area contributed by atoms with Crippen molar-refractivity contribution < 1.29 is 19.1 Å². The molecule has 0 saturated heterocycles. The number of amides is 1. The first-order valence-electron chi connectivity index (χ1n) is 17.1. The number of fused-ring (bicyclic) bond motifs is 1. The van der Waals surface area contributed by atoms with Crippen LogP contribution in [0.3, 0.4) is 0 Å². The van der Waals surface area contributed by atoms with Crippen LogP contribution in [0, 0.1) is 29.8 Å². The van der Waals surface area contributed by atoms with Crippen LogP contribution in [0.4, 0.5) is 4.79 Å². The number of nitrogens with one attached hydrogen (secondary N) is 1. The number of hydrogen-bond donors (Lipinski definition) is 1. The summed E-state index contributed by atoms with van der Waals surface area (Å²) < 4.78 is 10.8. The molecule has 6 nitrogen and oxygen atoms in total. The number of ketones is 1. The predicted octanol–water partition coefficient (Wildman–Crippen LogP) is 7.98. The third-order valence-corrected chi connectivity index (χ3v) is 10.6. The van der Waals surface area contributed by atoms with Crippen molar-refractivity contribution in [2.75, 3.05) is 7.11 Å². The number of rotatable bonds is 8. The van der Waals surface area contributed by atoms with Gasteiger partial charge in [-0.05, 0) is 124 Å². The largest absolute Gasteiger partial charge is 0.450 e. The van der Waals surface area contributed by atoms with E-state index in [4.69, 9.17) is 9.47 Å². The van der Waals surface area contributed by atoms with Crippen LogP contribution in [0.15, 0.2) is 42.5 Å². The average molecular weight is 611 g/mol. The van der Waals surface area contributed by atoms with E-state index < -0.39 is 5.60 Å². The van der Waals surface area contributed by atoms with Gasteiger partial charge in [0.15, 0.2) is 0 Å². The zero-order chi connectivity index (χ0) is 31.8. The molecule has 4 fully saturated rings. The Kier molecular flexibility index (Phi) is 9.03. The molecule has 4 saturated carbocycles. The number of hydrogen-bond acceptors (Lipinski definition) is 5. The van der Waals surface area contributed by atoms with E-state index in [1.807, 2.05) is 32.9 Å². The zero-order valence-electron chi connectivity index (χ0n) is 27.8. The fraction of sp³-hybridized carbons (Fsp3) is 0.590. The number of nitrogens with zero attached hydrogens (tertiary/aromatic N) is 1. The molecule has 0 unspecified atom stereocenters. The summed E-state index contributed by atoms with van der Waals surface area (Å²) in [7, 11) is 1.46. The number of ether oxygens (including phenoxy) is 2. The molecule has 1 aliphatic heterocycles. The van der Waals surface area contributed by atoms with Crippen LogP contribution < -0.4 is 5.32 Å². The topological polar surface area (TPSA) is 67.9 Å². The minimum absolute atomic E-state index is 0.0315. The molecule has 45 heavy (non-hydrogen) atoms. The molecular weight excluding hydrogens is 560 g/mol. The Balaban J connectivity index is 1.26. The maximum absolute atomic E-state index is 13.8. The Bertz CT molecular complexity index is 1430. The minimum Gasteiger partial charge on any atom is -0.450 e. The van der Waals surface area contributed by atoms with Gasteiger partial charge in [-0.3, -0.25) is 9.69 Å². The Morgan fingerprint density at radius 2 is 1.67 bits per heavy atom. The highest BCUT2D eigenvalue weighted by Gasteiger charge is 2.55. The maximum Gasteiger partial charge on any atom is 0.411 e. The Morgan fingerprint density at radius 3 is 2.27 bits per heavy atom. The van der Waals surface area contributed by atoms with Crippen molar-refractivity contribution in [2.24, 2.45) is 17.8 Å². The van der Waals surface area contributed by atoms with Crippen LogP contribution in [0.5, 0.6) is 0 Å². The van der Waals surface area contributed by atoms with E-state index in [1.165, 1.54) is 43.1 Å². The first kappa shape index (κ1) is 31.7. The molecule has 1 amide bonds. The van der Waals surface area contributed by atoms with Gasteiger partial charge in [0.05, 0.1) is 13.2 Å². The summed E-state index contributed by atoms with van der Waals surface area (Å²) in [4.78, 5) is 28.6. The molecule has 2 atom stereocenters. The SMILES string of the molecule is CCCC[C@H]1Cc2cc(C(=O)C#COC)ccc2[C@H](c2ccc(CN(C(=O)OC(C)(C)C)C34CC5CC(CC(C5)C3)C4)cc2)N1. The predicted molar refractivity (Wildman–Crippen MR) is 177 cm³/mol. The lowest BCUT2D eigenvalue weighted by Gasteiger charge is -2.60. The number of carbonyl (C=O) groups is 2. The summed E-state index contributed by atoms with van der Waals surface area (Å²) in [5.41, 5.74) is 4.72. The van der Waals surface area contributed by atoms with Crippen molar-refractivity contribution in [3.63, 3.8) is 0 Å². The lowest BCUT2D eigenvalue weighted by atomic mass is 9.52. The van der Waals surface area contributed by atoms with Crippen LogP contribution in [-0.2, 0) is 22.4 Å². The fourth-order valence-corrected chi connectivity index (χ4v) is 9.07. The molecule has 4 aliphatic carbocycles. The van der Waals surface area contributed by atoms with Gasteiger partial charge in [0.25, 0.3) is 0 Å². The van der Waals surface area contributed by atoms with Crippen LogP contribution in [-0.4, -0.2) is 41.1 Å². The monoisotopic (exact) mass is 610 g/mol. The standard InChI is InChI=1S/C39H50N2O4/c1-6-7-8-33-21-32-20-31(35(42)15-16-44-5)13-14-34(32)36(40-33)30-11-9-26(10-12-30)25-41(37(43)45-38(2,3)4)39-22-27-17-28(23-39)19-29(18-27)24-39/h9-14,20,27-29,33,36,40H,6-8,17-19,21-25H2,1-5H3/t27?,28?,29?,33-,36-,39?/m0/s1. The van der Waals surface area contributed by atoms with Gasteiger partial charge >= 0.3 is 6.09 Å². The van der Waals surface area contributed by atoms with Crippen molar-refractivity contribution in [1.82, 2.24) is 10.2 Å². The van der Waals surface area contributed by atoms with E-state index in [9.17, 15) is 9.59 Å². The molecule has 5 aliphatic rings. The van der Waals surface area contributed by atoms with Gasteiger partial charge in [0.1, 0.15) is 11.7 Å². The lowest BCUT2D eigenvalue weighted by molar-refractivity contribution is -0.0933. The highest BCUT2D eigenvalue weighted by atomic mass is 16.6. The van der Waals surface area contributed by atoms with E-state index >= 15 is 0 Å². The van der Waals surface area contributed by atoms with E-state index in [2.05, 4.69) is 59.5 Å². The number of Topliss-reactive ketones (excluding diaryl/α,β-unsaturated/α-hetero) is 1. The van der Waals surface area contributed by atoms with Gasteiger partial charge in [-0.2, -0.15) is 0 Å². The highest BCUT2D eigenvalue weighted by molar-refractivity contribution is 6.09. The van der Waals surface area contributed by atoms with Crippen LogP contribution in [0.25, 0.3) is 0 Å². The fourth-order valence-electron chi connectivity index (χ4n) is 9.07. The number of carbonyl (C=O) groups excluding carboxylic acids is 2. The second-order valence-corrected chi connectivity index (χ2v) is 15.3. The summed E-state index contributed by atoms with van der Waals surface area (Å²) in [6.07, 6.45) is 13.9. The summed E-state index contributed by atoms with van der Waals surface area (Å²) in [5.74, 6) is 4.56. The van der Waals surface area contributed by atoms with Gasteiger partial charge in [0.2, 0.25) is 5.78 Å². The highest BCUT2D eigenvalue weighted by Crippen LogP contribution is 2.58. The molecule has 0 aromatic heterocycles. The van der Waals surface area contributed by atoms with Gasteiger partial charge in [-0.25, -0.2) is 4.79 Å². The number of unbranched alkanes of at least 4 members (excludes halogenated alkanes) is 1. The van der Waals surface area contributed by atoms with Gasteiger partial charge in [-0.1, -0.05) is 50.1 Å². The Morgan fingerprint density at radius 1 is 1.00 bits per heavy atom. The van der Waals surface area contributed by atoms with Crippen molar-refractivity contribution in [3.8, 4) is 12.0 Å². The van der Waals surface area contributed by atoms with E-state index in [1.54, 1.807) is 0 Å². The van der Waals surface area contributed by atoms with Crippen molar-refractivity contribution >= 4 is 11.9 Å². The molecule has 2 aromatic rings. The molecule has 0 radical (unpaired) electrons. The van der Waals surface area contributed by atoms with E-state index in [0.29, 0.717) is 18.2 Å². The zero-order valence-corrected chi connectivity index (χ0v) is 27.8. The van der Waals surface area contributed by atoms with Crippen LogP contribution in [0.2, 0.25) is 0 Å². The van der Waals surface area contributed by atoms with E-state index in [-0.39, 0.29) is 23.5 Å². The second kappa shape index (κ2) is 12.8. The first-order valence-corrected chi connectivity index (χ1v) is 17.1. The molecule has 1 N–H and O–H groups in total. The summed E-state index contributed by atoms with van der Waals surface area (Å²) in [6, 6.07) is 15.2.